The zero-order valence-electron chi connectivity index (χ0n) is 11.6. The van der Waals surface area contributed by atoms with E-state index in [0.717, 1.165) is 5.56 Å². The molecule has 2 atom stereocenters. The van der Waals surface area contributed by atoms with Gasteiger partial charge in [-0.1, -0.05) is 6.92 Å². The van der Waals surface area contributed by atoms with E-state index in [9.17, 15) is 9.59 Å². The van der Waals surface area contributed by atoms with Crippen molar-refractivity contribution in [3.63, 3.8) is 0 Å². The van der Waals surface area contributed by atoms with Crippen molar-refractivity contribution in [2.45, 2.75) is 45.2 Å². The van der Waals surface area contributed by atoms with Crippen molar-refractivity contribution in [3.05, 3.63) is 22.4 Å². The molecular weight excluding hydrogens is 260 g/mol. The molecule has 0 bridgehead atoms. The number of rotatable bonds is 3. The topological polar surface area (TPSA) is 49.4 Å². The average Bonchev–Trinajstić information content (AvgIpc) is 2.88. The Hall–Kier alpha value is -1.36. The van der Waals surface area contributed by atoms with Crippen molar-refractivity contribution in [1.29, 1.82) is 0 Å². The molecule has 1 N–H and O–H groups in total. The fourth-order valence-electron chi connectivity index (χ4n) is 2.37. The minimum Gasteiger partial charge on any atom is -0.342 e. The van der Waals surface area contributed by atoms with Gasteiger partial charge < -0.3 is 10.2 Å². The molecule has 2 amide bonds. The summed E-state index contributed by atoms with van der Waals surface area (Å²) >= 11 is 1.62. The van der Waals surface area contributed by atoms with Crippen LogP contribution in [0.15, 0.2) is 16.8 Å². The van der Waals surface area contributed by atoms with E-state index in [2.05, 4.69) is 10.7 Å². The third-order valence-corrected chi connectivity index (χ3v) is 4.63. The molecule has 5 heteroatoms. The van der Waals surface area contributed by atoms with Crippen LogP contribution in [0.5, 0.6) is 0 Å². The Kier molecular flexibility index (Phi) is 3.94. The van der Waals surface area contributed by atoms with Gasteiger partial charge >= 0.3 is 0 Å². The lowest BCUT2D eigenvalue weighted by Crippen LogP contribution is -2.55. The van der Waals surface area contributed by atoms with Gasteiger partial charge in [0.05, 0.1) is 6.04 Å². The zero-order valence-corrected chi connectivity index (χ0v) is 12.4. The van der Waals surface area contributed by atoms with Crippen molar-refractivity contribution < 1.29 is 9.59 Å². The Morgan fingerprint density at radius 3 is 2.84 bits per heavy atom. The van der Waals surface area contributed by atoms with Crippen LogP contribution in [0.1, 0.15) is 45.2 Å². The number of thiophene rings is 1. The van der Waals surface area contributed by atoms with E-state index in [1.807, 2.05) is 37.1 Å². The van der Waals surface area contributed by atoms with Gasteiger partial charge in [-0.25, -0.2) is 0 Å². The van der Waals surface area contributed by atoms with Gasteiger partial charge in [-0.15, -0.1) is 0 Å². The Morgan fingerprint density at radius 2 is 2.26 bits per heavy atom. The standard InChI is InChI=1S/C14H20N2O2S/c1-4-14(3)13(18)16(7-5-12(17)15-14)10(2)11-6-8-19-9-11/h6,8-10H,4-5,7H2,1-3H3,(H,15,17). The predicted octanol–water partition coefficient (Wildman–Crippen LogP) is 2.33. The number of hydrogen-bond donors (Lipinski definition) is 1. The van der Waals surface area contributed by atoms with E-state index in [0.29, 0.717) is 19.4 Å². The molecule has 1 aromatic rings. The molecule has 4 nitrogen and oxygen atoms in total. The van der Waals surface area contributed by atoms with Gasteiger partial charge in [-0.2, -0.15) is 11.3 Å². The zero-order chi connectivity index (χ0) is 14.0. The molecule has 0 aliphatic carbocycles. The maximum absolute atomic E-state index is 12.7. The van der Waals surface area contributed by atoms with Crippen LogP contribution in [-0.4, -0.2) is 28.8 Å². The third-order valence-electron chi connectivity index (χ3n) is 3.93. The van der Waals surface area contributed by atoms with E-state index in [1.165, 1.54) is 0 Å². The Morgan fingerprint density at radius 1 is 1.53 bits per heavy atom. The van der Waals surface area contributed by atoms with E-state index < -0.39 is 5.54 Å². The van der Waals surface area contributed by atoms with E-state index >= 15 is 0 Å². The second-order valence-electron chi connectivity index (χ2n) is 5.22. The highest BCUT2D eigenvalue weighted by atomic mass is 32.1. The molecule has 1 aromatic heterocycles. The third kappa shape index (κ3) is 2.66. The summed E-state index contributed by atoms with van der Waals surface area (Å²) in [6.45, 7) is 6.24. The van der Waals surface area contributed by atoms with Gasteiger partial charge in [-0.3, -0.25) is 9.59 Å². The largest absolute Gasteiger partial charge is 0.342 e. The molecule has 1 aliphatic heterocycles. The number of carbonyl (C=O) groups is 2. The van der Waals surface area contributed by atoms with Crippen molar-refractivity contribution in [2.75, 3.05) is 6.54 Å². The normalized spacial score (nSPS) is 25.9. The lowest BCUT2D eigenvalue weighted by Gasteiger charge is -2.34. The second kappa shape index (κ2) is 5.33. The van der Waals surface area contributed by atoms with Crippen LogP contribution in [-0.2, 0) is 9.59 Å². The highest BCUT2D eigenvalue weighted by molar-refractivity contribution is 7.07. The SMILES string of the molecule is CCC1(C)NC(=O)CCN(C(C)c2ccsc2)C1=O. The molecule has 2 heterocycles. The van der Waals surface area contributed by atoms with Crippen LogP contribution in [0.4, 0.5) is 0 Å². The molecule has 0 aromatic carbocycles. The number of nitrogens with zero attached hydrogens (tertiary/aromatic N) is 1. The van der Waals surface area contributed by atoms with Crippen LogP contribution >= 0.6 is 11.3 Å². The first-order valence-electron chi connectivity index (χ1n) is 6.62. The molecule has 1 fully saturated rings. The van der Waals surface area contributed by atoms with E-state index in [4.69, 9.17) is 0 Å². The molecule has 0 saturated carbocycles. The maximum Gasteiger partial charge on any atom is 0.248 e. The first-order valence-corrected chi connectivity index (χ1v) is 7.56. The van der Waals surface area contributed by atoms with E-state index in [-0.39, 0.29) is 17.9 Å². The summed E-state index contributed by atoms with van der Waals surface area (Å²) in [5.74, 6) is -0.0303. The first kappa shape index (κ1) is 14.1. The highest BCUT2D eigenvalue weighted by Gasteiger charge is 2.40. The molecular formula is C14H20N2O2S. The minimum atomic E-state index is -0.780. The quantitative estimate of drug-likeness (QED) is 0.924. The van der Waals surface area contributed by atoms with Crippen LogP contribution < -0.4 is 5.32 Å². The van der Waals surface area contributed by atoms with Crippen LogP contribution in [0, 0.1) is 0 Å². The predicted molar refractivity (Wildman–Crippen MR) is 75.9 cm³/mol. The monoisotopic (exact) mass is 280 g/mol. The first-order chi connectivity index (χ1) is 8.98. The number of amides is 2. The van der Waals surface area contributed by atoms with Gasteiger partial charge in [0.25, 0.3) is 0 Å². The van der Waals surface area contributed by atoms with Crippen molar-refractivity contribution >= 4 is 23.2 Å². The Bertz CT molecular complexity index is 472. The molecule has 2 rings (SSSR count). The molecule has 0 spiro atoms. The van der Waals surface area contributed by atoms with E-state index in [1.54, 1.807) is 11.3 Å². The highest BCUT2D eigenvalue weighted by Crippen LogP contribution is 2.27. The second-order valence-corrected chi connectivity index (χ2v) is 6.00. The van der Waals surface area contributed by atoms with Gasteiger partial charge in [-0.05, 0) is 42.7 Å². The van der Waals surface area contributed by atoms with Crippen molar-refractivity contribution in [2.24, 2.45) is 0 Å². The number of carbonyl (C=O) groups excluding carboxylic acids is 2. The molecule has 2 unspecified atom stereocenters. The van der Waals surface area contributed by atoms with Crippen molar-refractivity contribution in [1.82, 2.24) is 10.2 Å². The molecule has 19 heavy (non-hydrogen) atoms. The molecule has 1 aliphatic rings. The number of hydrogen-bond acceptors (Lipinski definition) is 3. The maximum atomic E-state index is 12.7. The summed E-state index contributed by atoms with van der Waals surface area (Å²) in [4.78, 5) is 26.3. The van der Waals surface area contributed by atoms with Gasteiger partial charge in [0.1, 0.15) is 5.54 Å². The lowest BCUT2D eigenvalue weighted by molar-refractivity contribution is -0.140. The summed E-state index contributed by atoms with van der Waals surface area (Å²) in [6.07, 6.45) is 0.972. The lowest BCUT2D eigenvalue weighted by atomic mass is 9.96. The average molecular weight is 280 g/mol. The molecule has 1 saturated heterocycles. The molecule has 104 valence electrons. The fourth-order valence-corrected chi connectivity index (χ4v) is 3.11. The van der Waals surface area contributed by atoms with Gasteiger partial charge in [0.2, 0.25) is 11.8 Å². The summed E-state index contributed by atoms with van der Waals surface area (Å²) in [6, 6.07) is 2.05. The Balaban J connectivity index is 2.29. The summed E-state index contributed by atoms with van der Waals surface area (Å²) in [5.41, 5.74) is 0.351. The van der Waals surface area contributed by atoms with Crippen molar-refractivity contribution in [3.8, 4) is 0 Å². The summed E-state index contributed by atoms with van der Waals surface area (Å²) < 4.78 is 0. The van der Waals surface area contributed by atoms with Crippen LogP contribution in [0.3, 0.4) is 0 Å². The van der Waals surface area contributed by atoms with Gasteiger partial charge in [0.15, 0.2) is 0 Å². The van der Waals surface area contributed by atoms with Crippen LogP contribution in [0.2, 0.25) is 0 Å². The molecule has 0 radical (unpaired) electrons. The van der Waals surface area contributed by atoms with Crippen LogP contribution in [0.25, 0.3) is 0 Å². The fraction of sp³-hybridized carbons (Fsp3) is 0.571. The minimum absolute atomic E-state index is 0.0114. The summed E-state index contributed by atoms with van der Waals surface area (Å²) in [7, 11) is 0. The summed E-state index contributed by atoms with van der Waals surface area (Å²) in [5, 5.41) is 6.92. The van der Waals surface area contributed by atoms with Gasteiger partial charge in [0, 0.05) is 13.0 Å². The Labute approximate surface area is 117 Å². The number of nitrogens with one attached hydrogen (secondary N) is 1. The smallest absolute Gasteiger partial charge is 0.248 e.